The third-order valence-electron chi connectivity index (χ3n) is 2.51. The number of aliphatic carboxylic acids is 1. The Hall–Kier alpha value is -1.30. The summed E-state index contributed by atoms with van der Waals surface area (Å²) >= 11 is 0. The maximum absolute atomic E-state index is 11.5. The molecule has 0 aromatic rings. The van der Waals surface area contributed by atoms with Crippen LogP contribution in [0.5, 0.6) is 0 Å². The fourth-order valence-electron chi connectivity index (χ4n) is 1.90. The molecule has 92 valence electrons. The molecule has 2 amide bonds. The Bertz CT molecular complexity index is 270. The number of urea groups is 1. The highest BCUT2D eigenvalue weighted by Crippen LogP contribution is 2.25. The smallest absolute Gasteiger partial charge is 0.344 e. The molecule has 0 aromatic carbocycles. The van der Waals surface area contributed by atoms with Gasteiger partial charge in [0.05, 0.1) is 6.04 Å². The van der Waals surface area contributed by atoms with Crippen molar-refractivity contribution in [1.29, 1.82) is 0 Å². The maximum Gasteiger partial charge on any atom is 0.344 e. The lowest BCUT2D eigenvalue weighted by Crippen LogP contribution is -2.34. The van der Waals surface area contributed by atoms with Crippen molar-refractivity contribution in [3.8, 4) is 0 Å². The number of carboxylic acids is 1. The molecule has 2 rings (SSSR count). The van der Waals surface area contributed by atoms with E-state index in [1.165, 1.54) is 5.06 Å². The summed E-state index contributed by atoms with van der Waals surface area (Å²) in [6.45, 7) is 4.97. The Morgan fingerprint density at radius 3 is 2.81 bits per heavy atom. The van der Waals surface area contributed by atoms with Gasteiger partial charge in [0.15, 0.2) is 6.61 Å². The number of carbonyl (C=O) groups excluding carboxylic acids is 1. The second-order valence-electron chi connectivity index (χ2n) is 3.52. The summed E-state index contributed by atoms with van der Waals surface area (Å²) in [6, 6.07) is -0.163. The van der Waals surface area contributed by atoms with E-state index in [0.717, 1.165) is 19.4 Å². The molecule has 2 fully saturated rings. The number of hydrogen-bond acceptors (Lipinski definition) is 3. The quantitative estimate of drug-likeness (QED) is 0.783. The summed E-state index contributed by atoms with van der Waals surface area (Å²) in [7, 11) is 0. The van der Waals surface area contributed by atoms with E-state index in [1.54, 1.807) is 4.90 Å². The summed E-state index contributed by atoms with van der Waals surface area (Å²) < 4.78 is 0. The first-order valence-electron chi connectivity index (χ1n) is 5.61. The van der Waals surface area contributed by atoms with Crippen molar-refractivity contribution in [1.82, 2.24) is 9.96 Å². The molecule has 1 unspecified atom stereocenters. The zero-order valence-electron chi connectivity index (χ0n) is 9.68. The molecule has 2 heterocycles. The summed E-state index contributed by atoms with van der Waals surface area (Å²) in [5, 5.41) is 9.63. The Morgan fingerprint density at radius 2 is 2.25 bits per heavy atom. The molecule has 0 saturated carbocycles. The highest BCUT2D eigenvalue weighted by atomic mass is 16.7. The van der Waals surface area contributed by atoms with Crippen LogP contribution in [0.1, 0.15) is 26.7 Å². The van der Waals surface area contributed by atoms with Crippen molar-refractivity contribution in [3.05, 3.63) is 0 Å². The first-order chi connectivity index (χ1) is 7.68. The SMILES string of the molecule is CC.O=C(O)CON1C(=O)N2CCCC1C2. The van der Waals surface area contributed by atoms with Crippen LogP contribution in [0.4, 0.5) is 4.79 Å². The number of hydrogen-bond donors (Lipinski definition) is 1. The van der Waals surface area contributed by atoms with Crippen molar-refractivity contribution in [2.24, 2.45) is 0 Å². The Labute approximate surface area is 94.7 Å². The van der Waals surface area contributed by atoms with Crippen LogP contribution in [-0.4, -0.2) is 52.8 Å². The highest BCUT2D eigenvalue weighted by Gasteiger charge is 2.41. The van der Waals surface area contributed by atoms with Gasteiger partial charge in [-0.05, 0) is 12.8 Å². The molecule has 1 atom stereocenters. The van der Waals surface area contributed by atoms with Gasteiger partial charge in [-0.1, -0.05) is 13.8 Å². The number of rotatable bonds is 3. The summed E-state index contributed by atoms with van der Waals surface area (Å²) in [4.78, 5) is 28.4. The normalized spacial score (nSPS) is 22.9. The fourth-order valence-corrected chi connectivity index (χ4v) is 1.90. The third kappa shape index (κ3) is 2.63. The van der Waals surface area contributed by atoms with Gasteiger partial charge in [0.25, 0.3) is 0 Å². The van der Waals surface area contributed by atoms with E-state index in [4.69, 9.17) is 9.94 Å². The van der Waals surface area contributed by atoms with Crippen molar-refractivity contribution < 1.29 is 19.5 Å². The summed E-state index contributed by atoms with van der Waals surface area (Å²) in [5.41, 5.74) is 0. The number of amides is 2. The van der Waals surface area contributed by atoms with E-state index in [-0.39, 0.29) is 12.1 Å². The second kappa shape index (κ2) is 5.69. The zero-order valence-corrected chi connectivity index (χ0v) is 9.68. The molecule has 0 radical (unpaired) electrons. The van der Waals surface area contributed by atoms with Crippen LogP contribution >= 0.6 is 0 Å². The molecule has 16 heavy (non-hydrogen) atoms. The molecule has 0 aliphatic carbocycles. The minimum Gasteiger partial charge on any atom is -0.479 e. The number of carboxylic acid groups (broad SMARTS) is 1. The van der Waals surface area contributed by atoms with Gasteiger partial charge in [-0.15, -0.1) is 0 Å². The van der Waals surface area contributed by atoms with Crippen LogP contribution in [-0.2, 0) is 9.63 Å². The molecule has 2 saturated heterocycles. The van der Waals surface area contributed by atoms with E-state index in [1.807, 2.05) is 13.8 Å². The van der Waals surface area contributed by atoms with Crippen LogP contribution in [0.15, 0.2) is 0 Å². The fraction of sp³-hybridized carbons (Fsp3) is 0.800. The van der Waals surface area contributed by atoms with Gasteiger partial charge < -0.3 is 10.0 Å². The number of piperidine rings is 1. The number of fused-ring (bicyclic) bond motifs is 2. The van der Waals surface area contributed by atoms with Crippen LogP contribution in [0.25, 0.3) is 0 Å². The Balaban J connectivity index is 0.000000606. The number of hydroxylamine groups is 2. The van der Waals surface area contributed by atoms with E-state index < -0.39 is 12.6 Å². The lowest BCUT2D eigenvalue weighted by molar-refractivity contribution is -0.167. The predicted octanol–water partition coefficient (Wildman–Crippen LogP) is 0.929. The van der Waals surface area contributed by atoms with Gasteiger partial charge >= 0.3 is 12.0 Å². The molecule has 6 heteroatoms. The van der Waals surface area contributed by atoms with E-state index >= 15 is 0 Å². The highest BCUT2D eigenvalue weighted by molar-refractivity contribution is 5.76. The average molecular weight is 230 g/mol. The van der Waals surface area contributed by atoms with Crippen LogP contribution in [0, 0.1) is 0 Å². The van der Waals surface area contributed by atoms with Gasteiger partial charge in [0.1, 0.15) is 0 Å². The van der Waals surface area contributed by atoms with Crippen LogP contribution in [0.3, 0.4) is 0 Å². The van der Waals surface area contributed by atoms with Crippen LogP contribution in [0.2, 0.25) is 0 Å². The standard InChI is InChI=1S/C8H12N2O4.C2H6/c11-7(12)5-14-10-6-2-1-3-9(4-6)8(10)13;1-2/h6H,1-5H2,(H,11,12);1-2H3. The third-order valence-corrected chi connectivity index (χ3v) is 2.51. The maximum atomic E-state index is 11.5. The zero-order chi connectivity index (χ0) is 12.1. The Kier molecular flexibility index (Phi) is 4.54. The number of nitrogens with zero attached hydrogens (tertiary/aromatic N) is 2. The Morgan fingerprint density at radius 1 is 1.56 bits per heavy atom. The van der Waals surface area contributed by atoms with Crippen molar-refractivity contribution in [2.45, 2.75) is 32.7 Å². The van der Waals surface area contributed by atoms with E-state index in [9.17, 15) is 9.59 Å². The summed E-state index contributed by atoms with van der Waals surface area (Å²) in [5.74, 6) is -1.06. The second-order valence-corrected chi connectivity index (χ2v) is 3.52. The number of carbonyl (C=O) groups is 2. The molecule has 0 aromatic heterocycles. The molecular formula is C10H18N2O4. The molecule has 2 aliphatic rings. The van der Waals surface area contributed by atoms with Crippen molar-refractivity contribution in [2.75, 3.05) is 19.7 Å². The van der Waals surface area contributed by atoms with Gasteiger partial charge in [0.2, 0.25) is 0 Å². The largest absolute Gasteiger partial charge is 0.479 e. The predicted molar refractivity (Wildman–Crippen MR) is 56.8 cm³/mol. The molecular weight excluding hydrogens is 212 g/mol. The van der Waals surface area contributed by atoms with Gasteiger partial charge in [-0.3, -0.25) is 4.84 Å². The molecule has 2 bridgehead atoms. The summed E-state index contributed by atoms with van der Waals surface area (Å²) in [6.07, 6.45) is 1.85. The lowest BCUT2D eigenvalue weighted by Gasteiger charge is -2.21. The topological polar surface area (TPSA) is 70.1 Å². The minimum atomic E-state index is -1.06. The molecule has 1 N–H and O–H groups in total. The van der Waals surface area contributed by atoms with Gasteiger partial charge in [-0.25, -0.2) is 9.59 Å². The first kappa shape index (κ1) is 12.8. The molecule has 2 aliphatic heterocycles. The van der Waals surface area contributed by atoms with Crippen LogP contribution < -0.4 is 0 Å². The van der Waals surface area contributed by atoms with Crippen molar-refractivity contribution >= 4 is 12.0 Å². The first-order valence-corrected chi connectivity index (χ1v) is 5.61. The van der Waals surface area contributed by atoms with E-state index in [0.29, 0.717) is 6.54 Å². The monoisotopic (exact) mass is 230 g/mol. The average Bonchev–Trinajstić information content (AvgIpc) is 2.51. The molecule has 0 spiro atoms. The minimum absolute atomic E-state index is 0.0376. The van der Waals surface area contributed by atoms with Crippen molar-refractivity contribution in [3.63, 3.8) is 0 Å². The lowest BCUT2D eigenvalue weighted by atomic mass is 10.1. The molecule has 6 nitrogen and oxygen atoms in total. The van der Waals surface area contributed by atoms with Gasteiger partial charge in [-0.2, -0.15) is 5.06 Å². The van der Waals surface area contributed by atoms with E-state index in [2.05, 4.69) is 0 Å². The van der Waals surface area contributed by atoms with Gasteiger partial charge in [0, 0.05) is 13.1 Å².